The van der Waals surface area contributed by atoms with Crippen LogP contribution in [-0.2, 0) is 11.2 Å². The van der Waals surface area contributed by atoms with Crippen LogP contribution in [0.15, 0.2) is 12.1 Å². The van der Waals surface area contributed by atoms with E-state index in [0.29, 0.717) is 17.2 Å². The van der Waals surface area contributed by atoms with Crippen LogP contribution >= 0.6 is 11.6 Å². The number of ether oxygens (including phenoxy) is 1. The molecule has 1 aromatic carbocycles. The second kappa shape index (κ2) is 4.28. The van der Waals surface area contributed by atoms with Crippen molar-refractivity contribution in [2.24, 2.45) is 0 Å². The molecule has 0 aromatic heterocycles. The molecule has 0 atom stereocenters. The first kappa shape index (κ1) is 10.1. The first-order valence-corrected chi connectivity index (χ1v) is 4.33. The minimum atomic E-state index is 0.338. The third-order valence-electron chi connectivity index (χ3n) is 1.77. The molecule has 70 valence electrons. The molecule has 0 amide bonds. The van der Waals surface area contributed by atoms with Gasteiger partial charge in [0.05, 0.1) is 12.1 Å². The number of aldehydes is 1. The number of methoxy groups -OCH3 is 1. The molecule has 0 saturated carbocycles. The van der Waals surface area contributed by atoms with Crippen molar-refractivity contribution in [1.29, 1.82) is 0 Å². The Morgan fingerprint density at radius 3 is 2.77 bits per heavy atom. The lowest BCUT2D eigenvalue weighted by Crippen LogP contribution is -1.95. The first-order valence-electron chi connectivity index (χ1n) is 3.95. The first-order chi connectivity index (χ1) is 6.19. The smallest absolute Gasteiger partial charge is 0.141 e. The summed E-state index contributed by atoms with van der Waals surface area (Å²) >= 11 is 5.93. The highest BCUT2D eigenvalue weighted by Crippen LogP contribution is 2.29. The summed E-state index contributed by atoms with van der Waals surface area (Å²) in [6.07, 6.45) is 1.18. The molecule has 13 heavy (non-hydrogen) atoms. The zero-order valence-corrected chi connectivity index (χ0v) is 8.39. The maximum absolute atomic E-state index is 10.4. The predicted molar refractivity (Wildman–Crippen MR) is 52.5 cm³/mol. The van der Waals surface area contributed by atoms with Crippen molar-refractivity contribution in [3.8, 4) is 5.75 Å². The second-order valence-electron chi connectivity index (χ2n) is 2.81. The van der Waals surface area contributed by atoms with E-state index in [1.165, 1.54) is 0 Å². The van der Waals surface area contributed by atoms with Gasteiger partial charge in [-0.05, 0) is 18.6 Å². The van der Waals surface area contributed by atoms with Crippen LogP contribution in [-0.4, -0.2) is 13.4 Å². The molecule has 2 nitrogen and oxygen atoms in total. The highest BCUT2D eigenvalue weighted by molar-refractivity contribution is 6.32. The Hall–Kier alpha value is -1.02. The van der Waals surface area contributed by atoms with Gasteiger partial charge in [0.15, 0.2) is 0 Å². The van der Waals surface area contributed by atoms with Crippen molar-refractivity contribution in [3.63, 3.8) is 0 Å². The molecular weight excluding hydrogens is 188 g/mol. The number of halogens is 1. The van der Waals surface area contributed by atoms with Crippen molar-refractivity contribution >= 4 is 17.9 Å². The molecule has 0 aliphatic carbocycles. The predicted octanol–water partition coefficient (Wildman–Crippen LogP) is 2.40. The summed E-state index contributed by atoms with van der Waals surface area (Å²) in [6.45, 7) is 1.93. The van der Waals surface area contributed by atoms with Crippen LogP contribution in [0.5, 0.6) is 5.75 Å². The minimum absolute atomic E-state index is 0.338. The molecule has 1 aromatic rings. The number of hydrogen-bond donors (Lipinski definition) is 0. The van der Waals surface area contributed by atoms with Crippen molar-refractivity contribution in [1.82, 2.24) is 0 Å². The molecule has 0 unspecified atom stereocenters. The minimum Gasteiger partial charge on any atom is -0.495 e. The Morgan fingerprint density at radius 2 is 2.23 bits per heavy atom. The molecule has 0 saturated heterocycles. The van der Waals surface area contributed by atoms with Crippen LogP contribution in [0.2, 0.25) is 5.02 Å². The Morgan fingerprint density at radius 1 is 1.54 bits per heavy atom. The maximum atomic E-state index is 10.4. The summed E-state index contributed by atoms with van der Waals surface area (Å²) in [7, 11) is 1.55. The van der Waals surface area contributed by atoms with E-state index in [4.69, 9.17) is 16.3 Å². The van der Waals surface area contributed by atoms with Gasteiger partial charge >= 0.3 is 0 Å². The van der Waals surface area contributed by atoms with Gasteiger partial charge in [-0.2, -0.15) is 0 Å². The Labute approximate surface area is 82.5 Å². The lowest BCUT2D eigenvalue weighted by molar-refractivity contribution is -0.107. The number of carbonyl (C=O) groups is 1. The molecule has 0 fully saturated rings. The van der Waals surface area contributed by atoms with Crippen LogP contribution in [0.1, 0.15) is 11.1 Å². The highest BCUT2D eigenvalue weighted by atomic mass is 35.5. The van der Waals surface area contributed by atoms with Gasteiger partial charge in [-0.3, -0.25) is 0 Å². The lowest BCUT2D eigenvalue weighted by Gasteiger charge is -2.08. The zero-order valence-electron chi connectivity index (χ0n) is 7.63. The van der Waals surface area contributed by atoms with E-state index in [0.717, 1.165) is 17.4 Å². The third-order valence-corrected chi connectivity index (χ3v) is 2.05. The monoisotopic (exact) mass is 198 g/mol. The van der Waals surface area contributed by atoms with Crippen molar-refractivity contribution in [2.75, 3.05) is 7.11 Å². The molecule has 0 bridgehead atoms. The molecule has 1 rings (SSSR count). The van der Waals surface area contributed by atoms with Crippen LogP contribution < -0.4 is 4.74 Å². The Kier molecular flexibility index (Phi) is 3.32. The van der Waals surface area contributed by atoms with Gasteiger partial charge in [0.2, 0.25) is 0 Å². The summed E-state index contributed by atoms with van der Waals surface area (Å²) < 4.78 is 5.09. The maximum Gasteiger partial charge on any atom is 0.141 e. The third kappa shape index (κ3) is 2.22. The van der Waals surface area contributed by atoms with E-state index in [-0.39, 0.29) is 0 Å². The molecule has 0 aliphatic rings. The molecule has 0 radical (unpaired) electrons. The van der Waals surface area contributed by atoms with Gasteiger partial charge in [0.1, 0.15) is 12.0 Å². The summed E-state index contributed by atoms with van der Waals surface area (Å²) in [4.78, 5) is 10.4. The van der Waals surface area contributed by atoms with E-state index < -0.39 is 0 Å². The normalized spacial score (nSPS) is 9.77. The SMILES string of the molecule is COc1c(Cl)cc(C)cc1CC=O. The zero-order chi connectivity index (χ0) is 9.84. The summed E-state index contributed by atoms with van der Waals surface area (Å²) in [6, 6.07) is 3.72. The van der Waals surface area contributed by atoms with Crippen LogP contribution in [0.25, 0.3) is 0 Å². The van der Waals surface area contributed by atoms with E-state index in [1.54, 1.807) is 7.11 Å². The Balaban J connectivity index is 3.20. The van der Waals surface area contributed by atoms with Crippen LogP contribution in [0.3, 0.4) is 0 Å². The van der Waals surface area contributed by atoms with Gasteiger partial charge in [-0.25, -0.2) is 0 Å². The molecule has 3 heteroatoms. The average molecular weight is 199 g/mol. The van der Waals surface area contributed by atoms with E-state index in [9.17, 15) is 4.79 Å². The lowest BCUT2D eigenvalue weighted by atomic mass is 10.1. The fraction of sp³-hybridized carbons (Fsp3) is 0.300. The number of hydrogen-bond acceptors (Lipinski definition) is 2. The van der Waals surface area contributed by atoms with Crippen LogP contribution in [0, 0.1) is 6.92 Å². The summed E-state index contributed by atoms with van der Waals surface area (Å²) in [5, 5.41) is 0.555. The van der Waals surface area contributed by atoms with E-state index >= 15 is 0 Å². The molecule has 0 aliphatic heterocycles. The fourth-order valence-electron chi connectivity index (χ4n) is 1.27. The van der Waals surface area contributed by atoms with E-state index in [2.05, 4.69) is 0 Å². The van der Waals surface area contributed by atoms with Crippen molar-refractivity contribution in [2.45, 2.75) is 13.3 Å². The molecule has 0 heterocycles. The number of carbonyl (C=O) groups excluding carboxylic acids is 1. The largest absolute Gasteiger partial charge is 0.495 e. The topological polar surface area (TPSA) is 26.3 Å². The van der Waals surface area contributed by atoms with Crippen molar-refractivity contribution < 1.29 is 9.53 Å². The summed E-state index contributed by atoms with van der Waals surface area (Å²) in [5.41, 5.74) is 1.87. The summed E-state index contributed by atoms with van der Waals surface area (Å²) in [5.74, 6) is 0.597. The van der Waals surface area contributed by atoms with Gasteiger partial charge < -0.3 is 9.53 Å². The molecule has 0 N–H and O–H groups in total. The van der Waals surface area contributed by atoms with E-state index in [1.807, 2.05) is 19.1 Å². The highest BCUT2D eigenvalue weighted by Gasteiger charge is 2.07. The number of aryl methyl sites for hydroxylation is 1. The molecule has 0 spiro atoms. The fourth-order valence-corrected chi connectivity index (χ4v) is 1.64. The Bertz CT molecular complexity index is 321. The molecular formula is C10H11ClO2. The number of benzene rings is 1. The standard InChI is InChI=1S/C10H11ClO2/c1-7-5-8(3-4-12)10(13-2)9(11)6-7/h4-6H,3H2,1-2H3. The van der Waals surface area contributed by atoms with Gasteiger partial charge in [-0.1, -0.05) is 17.7 Å². The van der Waals surface area contributed by atoms with Gasteiger partial charge in [0.25, 0.3) is 0 Å². The quantitative estimate of drug-likeness (QED) is 0.698. The van der Waals surface area contributed by atoms with Crippen LogP contribution in [0.4, 0.5) is 0 Å². The number of rotatable bonds is 3. The van der Waals surface area contributed by atoms with Gasteiger partial charge in [0, 0.05) is 12.0 Å². The van der Waals surface area contributed by atoms with Gasteiger partial charge in [-0.15, -0.1) is 0 Å². The van der Waals surface area contributed by atoms with Crippen molar-refractivity contribution in [3.05, 3.63) is 28.3 Å². The second-order valence-corrected chi connectivity index (χ2v) is 3.22. The average Bonchev–Trinajstić information content (AvgIpc) is 2.04.